The van der Waals surface area contributed by atoms with Gasteiger partial charge < -0.3 is 5.32 Å². The molecule has 0 aliphatic heterocycles. The molecular weight excluding hydrogens is 216 g/mol. The summed E-state index contributed by atoms with van der Waals surface area (Å²) in [6, 6.07) is 0.789. The Bertz CT molecular complexity index is 305. The first-order valence-corrected chi connectivity index (χ1v) is 7.43. The molecule has 0 bridgehead atoms. The van der Waals surface area contributed by atoms with Gasteiger partial charge in [0.2, 0.25) is 0 Å². The molecule has 1 saturated carbocycles. The van der Waals surface area contributed by atoms with E-state index in [-0.39, 0.29) is 0 Å². The Kier molecular flexibility index (Phi) is 4.79. The maximum absolute atomic E-state index is 4.66. The second-order valence-corrected chi connectivity index (χ2v) is 5.64. The van der Waals surface area contributed by atoms with Gasteiger partial charge in [-0.3, -0.25) is 0 Å². The maximum Gasteiger partial charge on any atom is 0.107 e. The maximum atomic E-state index is 4.66. The molecule has 3 heteroatoms. The molecule has 2 rings (SSSR count). The van der Waals surface area contributed by atoms with E-state index in [0.29, 0.717) is 0 Å². The van der Waals surface area contributed by atoms with Crippen LogP contribution in [0.25, 0.3) is 0 Å². The Morgan fingerprint density at radius 2 is 2.25 bits per heavy atom. The molecule has 0 aromatic carbocycles. The summed E-state index contributed by atoms with van der Waals surface area (Å²) in [6.45, 7) is 3.23. The summed E-state index contributed by atoms with van der Waals surface area (Å²) in [5, 5.41) is 7.00. The van der Waals surface area contributed by atoms with Gasteiger partial charge in [-0.25, -0.2) is 4.98 Å². The van der Waals surface area contributed by atoms with E-state index in [1.54, 1.807) is 0 Å². The smallest absolute Gasteiger partial charge is 0.107 e. The molecule has 0 atom stereocenters. The Hall–Kier alpha value is -0.410. The third kappa shape index (κ3) is 4.22. The number of rotatable bonds is 8. The normalized spacial score (nSPS) is 15.6. The minimum Gasteiger partial charge on any atom is -0.308 e. The van der Waals surface area contributed by atoms with E-state index < -0.39 is 0 Å². The third-order valence-corrected chi connectivity index (χ3v) is 3.90. The van der Waals surface area contributed by atoms with Crippen LogP contribution >= 0.6 is 11.3 Å². The highest BCUT2D eigenvalue weighted by Crippen LogP contribution is 2.20. The molecule has 2 nitrogen and oxygen atoms in total. The Balaban J connectivity index is 1.64. The van der Waals surface area contributed by atoms with Gasteiger partial charge in [-0.1, -0.05) is 26.2 Å². The van der Waals surface area contributed by atoms with Gasteiger partial charge in [-0.05, 0) is 25.7 Å². The molecule has 1 aliphatic carbocycles. The summed E-state index contributed by atoms with van der Waals surface area (Å²) in [5.74, 6) is 0. The highest BCUT2D eigenvalue weighted by atomic mass is 32.1. The number of nitrogens with zero attached hydrogens (tertiary/aromatic N) is 1. The summed E-state index contributed by atoms with van der Waals surface area (Å²) in [6.07, 6.45) is 9.20. The molecule has 0 spiro atoms. The number of hydrogen-bond donors (Lipinski definition) is 1. The number of hydrogen-bond acceptors (Lipinski definition) is 3. The molecule has 0 amide bonds. The van der Waals surface area contributed by atoms with Crippen molar-refractivity contribution in [2.45, 2.75) is 64.5 Å². The van der Waals surface area contributed by atoms with Crippen molar-refractivity contribution in [3.05, 3.63) is 16.1 Å². The zero-order chi connectivity index (χ0) is 11.2. The Morgan fingerprint density at radius 3 is 3.00 bits per heavy atom. The van der Waals surface area contributed by atoms with Crippen LogP contribution in [0.4, 0.5) is 0 Å². The molecule has 16 heavy (non-hydrogen) atoms. The summed E-state index contributed by atoms with van der Waals surface area (Å²) in [4.78, 5) is 4.66. The third-order valence-electron chi connectivity index (χ3n) is 3.01. The first kappa shape index (κ1) is 12.1. The van der Waals surface area contributed by atoms with E-state index in [4.69, 9.17) is 0 Å². The van der Waals surface area contributed by atoms with Crippen LogP contribution in [0, 0.1) is 0 Å². The first-order valence-electron chi connectivity index (χ1n) is 6.55. The van der Waals surface area contributed by atoms with Crippen LogP contribution in [-0.4, -0.2) is 11.0 Å². The van der Waals surface area contributed by atoms with E-state index in [1.165, 1.54) is 55.6 Å². The number of aromatic nitrogens is 1. The SMILES string of the molecule is CCCCCCc1csc(CNC2CC2)n1. The van der Waals surface area contributed by atoms with E-state index in [2.05, 4.69) is 22.6 Å². The summed E-state index contributed by atoms with van der Waals surface area (Å²) >= 11 is 1.81. The van der Waals surface area contributed by atoms with Crippen LogP contribution < -0.4 is 5.32 Å². The van der Waals surface area contributed by atoms with Crippen LogP contribution in [0.3, 0.4) is 0 Å². The quantitative estimate of drug-likeness (QED) is 0.701. The molecule has 0 radical (unpaired) electrons. The summed E-state index contributed by atoms with van der Waals surface area (Å²) < 4.78 is 0. The fraction of sp³-hybridized carbons (Fsp3) is 0.769. The standard InChI is InChI=1S/C13H22N2S/c1-2-3-4-5-6-12-10-16-13(15-12)9-14-11-7-8-11/h10-11,14H,2-9H2,1H3. The van der Waals surface area contributed by atoms with Gasteiger partial charge in [0.15, 0.2) is 0 Å². The second-order valence-electron chi connectivity index (χ2n) is 4.70. The van der Waals surface area contributed by atoms with Crippen molar-refractivity contribution in [2.75, 3.05) is 0 Å². The van der Waals surface area contributed by atoms with Crippen molar-refractivity contribution in [1.82, 2.24) is 10.3 Å². The molecule has 1 aromatic rings. The van der Waals surface area contributed by atoms with Crippen LogP contribution in [0.15, 0.2) is 5.38 Å². The molecular formula is C13H22N2S. The van der Waals surface area contributed by atoms with Gasteiger partial charge >= 0.3 is 0 Å². The molecule has 0 saturated heterocycles. The molecule has 1 aromatic heterocycles. The monoisotopic (exact) mass is 238 g/mol. The zero-order valence-corrected chi connectivity index (χ0v) is 11.0. The Morgan fingerprint density at radius 1 is 1.38 bits per heavy atom. The molecule has 0 unspecified atom stereocenters. The van der Waals surface area contributed by atoms with Crippen LogP contribution in [0.2, 0.25) is 0 Å². The van der Waals surface area contributed by atoms with Crippen molar-refractivity contribution in [3.8, 4) is 0 Å². The lowest BCUT2D eigenvalue weighted by atomic mass is 10.1. The van der Waals surface area contributed by atoms with Crippen LogP contribution in [0.1, 0.15) is 56.2 Å². The molecule has 90 valence electrons. The lowest BCUT2D eigenvalue weighted by molar-refractivity contribution is 0.655. The summed E-state index contributed by atoms with van der Waals surface area (Å²) in [5.41, 5.74) is 1.30. The van der Waals surface area contributed by atoms with E-state index in [9.17, 15) is 0 Å². The average molecular weight is 238 g/mol. The van der Waals surface area contributed by atoms with Crippen molar-refractivity contribution in [2.24, 2.45) is 0 Å². The zero-order valence-electron chi connectivity index (χ0n) is 10.2. The molecule has 1 fully saturated rings. The van der Waals surface area contributed by atoms with Crippen molar-refractivity contribution < 1.29 is 0 Å². The van der Waals surface area contributed by atoms with Gasteiger partial charge in [0, 0.05) is 18.0 Å². The molecule has 1 N–H and O–H groups in total. The lowest BCUT2D eigenvalue weighted by Gasteiger charge is -1.98. The minimum absolute atomic E-state index is 0.789. The van der Waals surface area contributed by atoms with Gasteiger partial charge in [-0.15, -0.1) is 11.3 Å². The van der Waals surface area contributed by atoms with Crippen molar-refractivity contribution >= 4 is 11.3 Å². The number of aryl methyl sites for hydroxylation is 1. The second kappa shape index (κ2) is 6.36. The van der Waals surface area contributed by atoms with Crippen LogP contribution in [-0.2, 0) is 13.0 Å². The van der Waals surface area contributed by atoms with Gasteiger partial charge in [0.05, 0.1) is 5.69 Å². The van der Waals surface area contributed by atoms with Crippen molar-refractivity contribution in [1.29, 1.82) is 0 Å². The van der Waals surface area contributed by atoms with Gasteiger partial charge in [0.1, 0.15) is 5.01 Å². The predicted octanol–water partition coefficient (Wildman–Crippen LogP) is 3.52. The van der Waals surface area contributed by atoms with Gasteiger partial charge in [0.25, 0.3) is 0 Å². The highest BCUT2D eigenvalue weighted by molar-refractivity contribution is 7.09. The number of unbranched alkanes of at least 4 members (excludes halogenated alkanes) is 3. The fourth-order valence-corrected chi connectivity index (χ4v) is 2.58. The van der Waals surface area contributed by atoms with E-state index in [0.717, 1.165) is 12.6 Å². The predicted molar refractivity (Wildman–Crippen MR) is 69.8 cm³/mol. The van der Waals surface area contributed by atoms with Crippen molar-refractivity contribution in [3.63, 3.8) is 0 Å². The number of nitrogens with one attached hydrogen (secondary N) is 1. The average Bonchev–Trinajstić information content (AvgIpc) is 3.02. The summed E-state index contributed by atoms with van der Waals surface area (Å²) in [7, 11) is 0. The van der Waals surface area contributed by atoms with E-state index >= 15 is 0 Å². The number of thiazole rings is 1. The molecule has 1 heterocycles. The largest absolute Gasteiger partial charge is 0.308 e. The first-order chi connectivity index (χ1) is 7.88. The van der Waals surface area contributed by atoms with Crippen LogP contribution in [0.5, 0.6) is 0 Å². The van der Waals surface area contributed by atoms with E-state index in [1.807, 2.05) is 11.3 Å². The minimum atomic E-state index is 0.789. The molecule has 1 aliphatic rings. The Labute approximate surface area is 102 Å². The lowest BCUT2D eigenvalue weighted by Crippen LogP contribution is -2.15. The topological polar surface area (TPSA) is 24.9 Å². The fourth-order valence-electron chi connectivity index (χ4n) is 1.80. The highest BCUT2D eigenvalue weighted by Gasteiger charge is 2.20. The van der Waals surface area contributed by atoms with Gasteiger partial charge in [-0.2, -0.15) is 0 Å².